The Kier molecular flexibility index (Phi) is 5.58. The molecule has 1 aliphatic carbocycles. The lowest BCUT2D eigenvalue weighted by atomic mass is 9.88. The molecule has 0 bridgehead atoms. The lowest BCUT2D eigenvalue weighted by Crippen LogP contribution is -2.31. The van der Waals surface area contributed by atoms with Crippen molar-refractivity contribution in [3.63, 3.8) is 0 Å². The number of nitrogens with one attached hydrogen (secondary N) is 1. The summed E-state index contributed by atoms with van der Waals surface area (Å²) in [6.45, 7) is 1.01. The minimum Gasteiger partial charge on any atom is -0.349 e. The Morgan fingerprint density at radius 1 is 1.15 bits per heavy atom. The number of thioether (sulfide) groups is 1. The van der Waals surface area contributed by atoms with E-state index in [9.17, 15) is 4.79 Å². The molecule has 0 spiro atoms. The Morgan fingerprint density at radius 2 is 2.08 bits per heavy atom. The summed E-state index contributed by atoms with van der Waals surface area (Å²) in [6.07, 6.45) is 8.50. The zero-order valence-electron chi connectivity index (χ0n) is 15.1. The van der Waals surface area contributed by atoms with Crippen molar-refractivity contribution in [2.75, 3.05) is 5.75 Å². The van der Waals surface area contributed by atoms with Crippen molar-refractivity contribution < 1.29 is 4.79 Å². The van der Waals surface area contributed by atoms with Gasteiger partial charge in [0.25, 0.3) is 0 Å². The van der Waals surface area contributed by atoms with Crippen LogP contribution in [0.15, 0.2) is 29.4 Å². The van der Waals surface area contributed by atoms with Gasteiger partial charge in [0.05, 0.1) is 6.04 Å². The van der Waals surface area contributed by atoms with Crippen LogP contribution in [0.5, 0.6) is 0 Å². The van der Waals surface area contributed by atoms with Crippen molar-refractivity contribution in [2.45, 2.75) is 69.1 Å². The second-order valence-corrected chi connectivity index (χ2v) is 8.23. The van der Waals surface area contributed by atoms with Gasteiger partial charge in [-0.2, -0.15) is 0 Å². The number of fused-ring (bicyclic) bond motifs is 2. The van der Waals surface area contributed by atoms with Crippen LogP contribution in [-0.2, 0) is 24.2 Å². The number of amides is 1. The number of hydrogen-bond donors (Lipinski definition) is 1. The van der Waals surface area contributed by atoms with Gasteiger partial charge in [-0.3, -0.25) is 4.79 Å². The summed E-state index contributed by atoms with van der Waals surface area (Å²) in [5.74, 6) is 1.99. The molecule has 2 aliphatic rings. The average Bonchev–Trinajstić information content (AvgIpc) is 2.88. The fraction of sp³-hybridized carbons (Fsp3) is 0.550. The lowest BCUT2D eigenvalue weighted by molar-refractivity contribution is -0.121. The van der Waals surface area contributed by atoms with Crippen LogP contribution < -0.4 is 5.32 Å². The summed E-state index contributed by atoms with van der Waals surface area (Å²) >= 11 is 1.66. The quantitative estimate of drug-likeness (QED) is 0.816. The summed E-state index contributed by atoms with van der Waals surface area (Å²) in [4.78, 5) is 12.4. The van der Waals surface area contributed by atoms with Crippen molar-refractivity contribution in [1.29, 1.82) is 0 Å². The van der Waals surface area contributed by atoms with Gasteiger partial charge in [-0.05, 0) is 43.2 Å². The highest BCUT2D eigenvalue weighted by molar-refractivity contribution is 7.99. The molecular formula is C20H26N4OS. The lowest BCUT2D eigenvalue weighted by Gasteiger charge is -2.26. The van der Waals surface area contributed by atoms with Gasteiger partial charge in [0.15, 0.2) is 5.16 Å². The highest BCUT2D eigenvalue weighted by Crippen LogP contribution is 2.29. The van der Waals surface area contributed by atoms with Crippen molar-refractivity contribution in [3.8, 4) is 0 Å². The van der Waals surface area contributed by atoms with Crippen molar-refractivity contribution in [2.24, 2.45) is 0 Å². The number of nitrogens with zero attached hydrogens (tertiary/aromatic N) is 3. The molecule has 1 atom stereocenters. The topological polar surface area (TPSA) is 59.8 Å². The molecule has 0 saturated heterocycles. The zero-order chi connectivity index (χ0) is 17.8. The van der Waals surface area contributed by atoms with Gasteiger partial charge < -0.3 is 9.88 Å². The van der Waals surface area contributed by atoms with E-state index in [4.69, 9.17) is 0 Å². The Hall–Kier alpha value is -1.82. The van der Waals surface area contributed by atoms with Crippen LogP contribution in [0.4, 0.5) is 0 Å². The van der Waals surface area contributed by atoms with Gasteiger partial charge in [0, 0.05) is 25.1 Å². The van der Waals surface area contributed by atoms with Crippen LogP contribution in [0.3, 0.4) is 0 Å². The standard InChI is InChI=1S/C20H26N4OS/c25-19(21-17-10-6-8-15-7-3-4-9-16(15)17)12-14-26-20-23-22-18-11-2-1-5-13-24(18)20/h3-4,7,9,17H,1-2,5-6,8,10-14H2,(H,21,25). The maximum atomic E-state index is 12.4. The third-order valence-corrected chi connectivity index (χ3v) is 6.31. The van der Waals surface area contributed by atoms with Crippen molar-refractivity contribution >= 4 is 17.7 Å². The molecule has 6 heteroatoms. The Bertz CT molecular complexity index is 773. The first kappa shape index (κ1) is 17.6. The number of carbonyl (C=O) groups excluding carboxylic acids is 1. The Balaban J connectivity index is 1.30. The number of carbonyl (C=O) groups is 1. The van der Waals surface area contributed by atoms with Gasteiger partial charge in [-0.25, -0.2) is 0 Å². The average molecular weight is 371 g/mol. The predicted octanol–water partition coefficient (Wildman–Crippen LogP) is 3.68. The molecular weight excluding hydrogens is 344 g/mol. The van der Waals surface area contributed by atoms with Crippen molar-refractivity contribution in [3.05, 3.63) is 41.2 Å². The van der Waals surface area contributed by atoms with Crippen LogP contribution >= 0.6 is 11.8 Å². The van der Waals surface area contributed by atoms with Gasteiger partial charge in [-0.15, -0.1) is 10.2 Å². The van der Waals surface area contributed by atoms with Gasteiger partial charge >= 0.3 is 0 Å². The summed E-state index contributed by atoms with van der Waals surface area (Å²) in [6, 6.07) is 8.65. The number of aromatic nitrogens is 3. The van der Waals surface area contributed by atoms with E-state index in [1.807, 2.05) is 0 Å². The first-order chi connectivity index (χ1) is 12.8. The molecule has 0 saturated carbocycles. The fourth-order valence-electron chi connectivity index (χ4n) is 3.97. The van der Waals surface area contributed by atoms with E-state index in [0.717, 1.165) is 49.0 Å². The van der Waals surface area contributed by atoms with E-state index >= 15 is 0 Å². The Labute approximate surface area is 159 Å². The monoisotopic (exact) mass is 370 g/mol. The summed E-state index contributed by atoms with van der Waals surface area (Å²) < 4.78 is 2.24. The first-order valence-electron chi connectivity index (χ1n) is 9.73. The molecule has 138 valence electrons. The molecule has 0 fully saturated rings. The first-order valence-corrected chi connectivity index (χ1v) is 10.7. The van der Waals surface area contributed by atoms with Crippen LogP contribution in [0.25, 0.3) is 0 Å². The molecule has 1 unspecified atom stereocenters. The molecule has 1 N–H and O–H groups in total. The minimum absolute atomic E-state index is 0.134. The summed E-state index contributed by atoms with van der Waals surface area (Å²) in [5.41, 5.74) is 2.67. The highest BCUT2D eigenvalue weighted by atomic mass is 32.2. The van der Waals surface area contributed by atoms with E-state index in [0.29, 0.717) is 6.42 Å². The van der Waals surface area contributed by atoms with E-state index in [-0.39, 0.29) is 11.9 Å². The number of hydrogen-bond acceptors (Lipinski definition) is 4. The molecule has 26 heavy (non-hydrogen) atoms. The smallest absolute Gasteiger partial charge is 0.221 e. The van der Waals surface area contributed by atoms with E-state index in [2.05, 4.69) is 44.3 Å². The van der Waals surface area contributed by atoms with Crippen LogP contribution in [0.2, 0.25) is 0 Å². The molecule has 1 aromatic carbocycles. The molecule has 2 heterocycles. The highest BCUT2D eigenvalue weighted by Gasteiger charge is 2.21. The van der Waals surface area contributed by atoms with E-state index in [1.54, 1.807) is 11.8 Å². The van der Waals surface area contributed by atoms with Gasteiger partial charge in [0.1, 0.15) is 5.82 Å². The molecule has 1 aromatic heterocycles. The minimum atomic E-state index is 0.134. The van der Waals surface area contributed by atoms with Crippen molar-refractivity contribution in [1.82, 2.24) is 20.1 Å². The SMILES string of the molecule is O=C(CCSc1nnc2n1CCCCC2)NC1CCCc2ccccc21. The van der Waals surface area contributed by atoms with Crippen LogP contribution in [0, 0.1) is 0 Å². The third kappa shape index (κ3) is 3.95. The second-order valence-electron chi connectivity index (χ2n) is 7.17. The predicted molar refractivity (Wildman–Crippen MR) is 103 cm³/mol. The molecule has 5 nitrogen and oxygen atoms in total. The van der Waals surface area contributed by atoms with Gasteiger partial charge in [0.2, 0.25) is 5.91 Å². The van der Waals surface area contributed by atoms with E-state index < -0.39 is 0 Å². The van der Waals surface area contributed by atoms with Gasteiger partial charge in [-0.1, -0.05) is 42.4 Å². The number of rotatable bonds is 5. The molecule has 4 rings (SSSR count). The third-order valence-electron chi connectivity index (χ3n) is 5.34. The van der Waals surface area contributed by atoms with Crippen LogP contribution in [0.1, 0.15) is 61.5 Å². The molecule has 1 aliphatic heterocycles. The molecule has 1 amide bonds. The fourth-order valence-corrected chi connectivity index (χ4v) is 4.89. The zero-order valence-corrected chi connectivity index (χ0v) is 15.9. The largest absolute Gasteiger partial charge is 0.349 e. The second kappa shape index (κ2) is 8.25. The summed E-state index contributed by atoms with van der Waals surface area (Å²) in [7, 11) is 0. The summed E-state index contributed by atoms with van der Waals surface area (Å²) in [5, 5.41) is 12.9. The molecule has 2 aromatic rings. The van der Waals surface area contributed by atoms with Crippen LogP contribution in [-0.4, -0.2) is 26.4 Å². The number of aryl methyl sites for hydroxylation is 2. The maximum Gasteiger partial charge on any atom is 0.221 e. The molecule has 0 radical (unpaired) electrons. The number of benzene rings is 1. The Morgan fingerprint density at radius 3 is 3.04 bits per heavy atom. The van der Waals surface area contributed by atoms with E-state index in [1.165, 1.54) is 30.4 Å². The maximum absolute atomic E-state index is 12.4. The normalized spacial score (nSPS) is 19.3.